The summed E-state index contributed by atoms with van der Waals surface area (Å²) in [5, 5.41) is 0. The van der Waals surface area contributed by atoms with Crippen LogP contribution in [0.5, 0.6) is 0 Å². The Hall–Kier alpha value is -0.810. The Kier molecular flexibility index (Phi) is 5.02. The van der Waals surface area contributed by atoms with E-state index in [1.54, 1.807) is 4.90 Å². The quantitative estimate of drug-likeness (QED) is 0.780. The highest BCUT2D eigenvalue weighted by atomic mass is 16.6. The van der Waals surface area contributed by atoms with Gasteiger partial charge in [0.2, 0.25) is 0 Å². The lowest BCUT2D eigenvalue weighted by atomic mass is 10.2. The van der Waals surface area contributed by atoms with Crippen molar-refractivity contribution in [2.75, 3.05) is 26.2 Å². The largest absolute Gasteiger partial charge is 0.449 e. The normalized spacial score (nSPS) is 25.9. The van der Waals surface area contributed by atoms with Crippen LogP contribution in [0, 0.1) is 5.92 Å². The molecule has 0 aliphatic carbocycles. The molecule has 1 aliphatic rings. The second-order valence-corrected chi connectivity index (χ2v) is 4.68. The fraction of sp³-hybridized carbons (Fsp3) is 0.909. The Morgan fingerprint density at radius 1 is 1.56 bits per heavy atom. The van der Waals surface area contributed by atoms with Gasteiger partial charge in [-0.05, 0) is 12.8 Å². The van der Waals surface area contributed by atoms with E-state index in [1.165, 1.54) is 0 Å². The molecule has 0 aromatic heterocycles. The van der Waals surface area contributed by atoms with Crippen LogP contribution in [0.2, 0.25) is 0 Å². The van der Waals surface area contributed by atoms with Crippen molar-refractivity contribution in [3.63, 3.8) is 0 Å². The van der Waals surface area contributed by atoms with E-state index in [1.807, 2.05) is 20.8 Å². The van der Waals surface area contributed by atoms with Gasteiger partial charge in [-0.2, -0.15) is 0 Å². The maximum Gasteiger partial charge on any atom is 0.409 e. The molecule has 0 bridgehead atoms. The highest BCUT2D eigenvalue weighted by molar-refractivity contribution is 5.67. The summed E-state index contributed by atoms with van der Waals surface area (Å²) >= 11 is 0. The minimum Gasteiger partial charge on any atom is -0.449 e. The molecule has 2 N–H and O–H groups in total. The van der Waals surface area contributed by atoms with Crippen molar-refractivity contribution in [2.24, 2.45) is 11.7 Å². The molecule has 5 heteroatoms. The van der Waals surface area contributed by atoms with E-state index in [2.05, 4.69) is 0 Å². The van der Waals surface area contributed by atoms with Crippen LogP contribution in [0.3, 0.4) is 0 Å². The van der Waals surface area contributed by atoms with Gasteiger partial charge in [0.25, 0.3) is 0 Å². The Balaban J connectivity index is 2.42. The first kappa shape index (κ1) is 13.3. The minimum absolute atomic E-state index is 0.0221. The summed E-state index contributed by atoms with van der Waals surface area (Å²) in [5.41, 5.74) is 5.55. The van der Waals surface area contributed by atoms with E-state index >= 15 is 0 Å². The zero-order valence-electron chi connectivity index (χ0n) is 10.3. The smallest absolute Gasteiger partial charge is 0.409 e. The van der Waals surface area contributed by atoms with E-state index in [-0.39, 0.29) is 18.3 Å². The third-order valence-corrected chi connectivity index (χ3v) is 2.39. The summed E-state index contributed by atoms with van der Waals surface area (Å²) < 4.78 is 10.7. The van der Waals surface area contributed by atoms with Crippen LogP contribution in [0.15, 0.2) is 0 Å². The van der Waals surface area contributed by atoms with Crippen molar-refractivity contribution >= 4 is 6.09 Å². The van der Waals surface area contributed by atoms with Gasteiger partial charge in [-0.1, -0.05) is 13.8 Å². The summed E-state index contributed by atoms with van der Waals surface area (Å²) in [6, 6.07) is 0. The van der Waals surface area contributed by atoms with E-state index in [0.717, 1.165) is 0 Å². The standard InChI is InChI=1S/C11H22N2O3/c1-8(2)7-15-11(14)13-5-9(3)16-10(4-12)6-13/h8-10H,4-7,12H2,1-3H3. The average molecular weight is 230 g/mol. The molecular weight excluding hydrogens is 208 g/mol. The van der Waals surface area contributed by atoms with Crippen LogP contribution in [0.4, 0.5) is 4.79 Å². The lowest BCUT2D eigenvalue weighted by molar-refractivity contribution is -0.0682. The fourth-order valence-electron chi connectivity index (χ4n) is 1.65. The molecule has 16 heavy (non-hydrogen) atoms. The van der Waals surface area contributed by atoms with Crippen molar-refractivity contribution in [2.45, 2.75) is 33.0 Å². The van der Waals surface area contributed by atoms with Crippen LogP contribution < -0.4 is 5.73 Å². The second kappa shape index (κ2) is 6.06. The molecule has 0 spiro atoms. The minimum atomic E-state index is -0.262. The summed E-state index contributed by atoms with van der Waals surface area (Å²) in [6.45, 7) is 7.95. The Labute approximate surface area is 96.9 Å². The van der Waals surface area contributed by atoms with Crippen molar-refractivity contribution in [1.82, 2.24) is 4.90 Å². The third-order valence-electron chi connectivity index (χ3n) is 2.39. The van der Waals surface area contributed by atoms with Gasteiger partial charge >= 0.3 is 6.09 Å². The Morgan fingerprint density at radius 2 is 2.25 bits per heavy atom. The van der Waals surface area contributed by atoms with Crippen LogP contribution >= 0.6 is 0 Å². The Morgan fingerprint density at radius 3 is 2.81 bits per heavy atom. The molecule has 0 radical (unpaired) electrons. The Bertz CT molecular complexity index is 233. The molecule has 0 saturated carbocycles. The van der Waals surface area contributed by atoms with Crippen molar-refractivity contribution in [3.8, 4) is 0 Å². The first-order chi connectivity index (χ1) is 7.52. The molecular formula is C11H22N2O3. The summed E-state index contributed by atoms with van der Waals surface area (Å²) in [4.78, 5) is 13.4. The number of hydrogen-bond donors (Lipinski definition) is 1. The summed E-state index contributed by atoms with van der Waals surface area (Å²) in [6.07, 6.45) is -0.313. The van der Waals surface area contributed by atoms with Gasteiger partial charge in [-0.25, -0.2) is 4.79 Å². The predicted octanol–water partition coefficient (Wildman–Crippen LogP) is 0.827. The molecule has 2 unspecified atom stereocenters. The molecule has 1 aliphatic heterocycles. The zero-order chi connectivity index (χ0) is 12.1. The maximum atomic E-state index is 11.7. The lowest BCUT2D eigenvalue weighted by Crippen LogP contribution is -2.51. The first-order valence-corrected chi connectivity index (χ1v) is 5.80. The molecule has 1 rings (SSSR count). The van der Waals surface area contributed by atoms with Crippen molar-refractivity contribution < 1.29 is 14.3 Å². The molecule has 5 nitrogen and oxygen atoms in total. The number of hydrogen-bond acceptors (Lipinski definition) is 4. The van der Waals surface area contributed by atoms with E-state index in [4.69, 9.17) is 15.2 Å². The number of rotatable bonds is 3. The fourth-order valence-corrected chi connectivity index (χ4v) is 1.65. The summed E-state index contributed by atoms with van der Waals surface area (Å²) in [7, 11) is 0. The number of amides is 1. The number of nitrogens with two attached hydrogens (primary N) is 1. The molecule has 94 valence electrons. The average Bonchev–Trinajstić information content (AvgIpc) is 2.24. The van der Waals surface area contributed by atoms with Gasteiger partial charge in [-0.3, -0.25) is 0 Å². The second-order valence-electron chi connectivity index (χ2n) is 4.68. The molecule has 1 amide bonds. The third kappa shape index (κ3) is 3.98. The van der Waals surface area contributed by atoms with E-state index < -0.39 is 0 Å². The number of morpholine rings is 1. The van der Waals surface area contributed by atoms with Crippen LogP contribution in [-0.2, 0) is 9.47 Å². The highest BCUT2D eigenvalue weighted by Crippen LogP contribution is 2.11. The lowest BCUT2D eigenvalue weighted by Gasteiger charge is -2.35. The first-order valence-electron chi connectivity index (χ1n) is 5.80. The van der Waals surface area contributed by atoms with Gasteiger partial charge < -0.3 is 20.1 Å². The molecule has 1 saturated heterocycles. The molecule has 2 atom stereocenters. The van der Waals surface area contributed by atoms with Crippen LogP contribution in [0.25, 0.3) is 0 Å². The maximum absolute atomic E-state index is 11.7. The number of carbonyl (C=O) groups is 1. The highest BCUT2D eigenvalue weighted by Gasteiger charge is 2.28. The van der Waals surface area contributed by atoms with Gasteiger partial charge in [0, 0.05) is 6.54 Å². The molecule has 0 aromatic carbocycles. The van der Waals surface area contributed by atoms with E-state index in [0.29, 0.717) is 32.2 Å². The van der Waals surface area contributed by atoms with Crippen LogP contribution in [0.1, 0.15) is 20.8 Å². The molecule has 1 heterocycles. The van der Waals surface area contributed by atoms with E-state index in [9.17, 15) is 4.79 Å². The SMILES string of the molecule is CC(C)COC(=O)N1CC(C)OC(CN)C1. The number of carbonyl (C=O) groups excluding carboxylic acids is 1. The predicted molar refractivity (Wildman–Crippen MR) is 61.1 cm³/mol. The summed E-state index contributed by atoms with van der Waals surface area (Å²) in [5.74, 6) is 0.354. The molecule has 0 aromatic rings. The number of ether oxygens (including phenoxy) is 2. The topological polar surface area (TPSA) is 64.8 Å². The number of nitrogens with zero attached hydrogens (tertiary/aromatic N) is 1. The molecule has 1 fully saturated rings. The van der Waals surface area contributed by atoms with Crippen molar-refractivity contribution in [3.05, 3.63) is 0 Å². The van der Waals surface area contributed by atoms with Gasteiger partial charge in [0.15, 0.2) is 0 Å². The van der Waals surface area contributed by atoms with Crippen molar-refractivity contribution in [1.29, 1.82) is 0 Å². The van der Waals surface area contributed by atoms with Crippen LogP contribution in [-0.4, -0.2) is 49.4 Å². The van der Waals surface area contributed by atoms with Gasteiger partial charge in [-0.15, -0.1) is 0 Å². The van der Waals surface area contributed by atoms with Gasteiger partial charge in [0.1, 0.15) is 0 Å². The zero-order valence-corrected chi connectivity index (χ0v) is 10.3. The monoisotopic (exact) mass is 230 g/mol. The van der Waals surface area contributed by atoms with Gasteiger partial charge in [0.05, 0.1) is 31.9 Å².